The summed E-state index contributed by atoms with van der Waals surface area (Å²) in [6.45, 7) is 0. The Bertz CT molecular complexity index is 521. The molecule has 1 heterocycles. The zero-order chi connectivity index (χ0) is 10.3. The molecule has 0 radical (unpaired) electrons. The molecule has 0 bridgehead atoms. The van der Waals surface area contributed by atoms with Crippen LogP contribution in [0.5, 0.6) is 0 Å². The number of hydrogen-bond acceptors (Lipinski definition) is 2. The molecule has 2 aromatic rings. The second kappa shape index (κ2) is 3.47. The molecule has 0 aliphatic rings. The number of carbonyl (C=O) groups is 1. The number of aromatic carboxylic acids is 1. The number of carboxylic acids is 1. The quantitative estimate of drug-likeness (QED) is 0.818. The lowest BCUT2D eigenvalue weighted by Crippen LogP contribution is -1.89. The fourth-order valence-electron chi connectivity index (χ4n) is 1.15. The van der Waals surface area contributed by atoms with E-state index < -0.39 is 5.97 Å². The summed E-state index contributed by atoms with van der Waals surface area (Å²) in [6.07, 6.45) is 0. The predicted octanol–water partition coefficient (Wildman–Crippen LogP) is 3.34. The molecule has 5 heteroatoms. The average molecular weight is 322 g/mol. The van der Waals surface area contributed by atoms with E-state index in [1.165, 1.54) is 6.07 Å². The van der Waals surface area contributed by atoms with Gasteiger partial charge in [0.1, 0.15) is 10.7 Å². The van der Waals surface area contributed by atoms with Crippen LogP contribution in [0.25, 0.3) is 10.1 Å². The Kier molecular flexibility index (Phi) is 2.44. The monoisotopic (exact) mass is 322 g/mol. The normalized spacial score (nSPS) is 10.7. The number of benzene rings is 1. The maximum absolute atomic E-state index is 13.1. The maximum Gasteiger partial charge on any atom is 0.345 e. The van der Waals surface area contributed by atoms with Crippen LogP contribution in [0.1, 0.15) is 9.67 Å². The minimum Gasteiger partial charge on any atom is -0.477 e. The van der Waals surface area contributed by atoms with Gasteiger partial charge >= 0.3 is 5.97 Å². The molecule has 0 spiro atoms. The minimum atomic E-state index is -0.970. The molecule has 1 N–H and O–H groups in total. The van der Waals surface area contributed by atoms with E-state index >= 15 is 0 Å². The van der Waals surface area contributed by atoms with Crippen molar-refractivity contribution in [2.45, 2.75) is 0 Å². The van der Waals surface area contributed by atoms with Crippen LogP contribution in [0.15, 0.2) is 18.2 Å². The van der Waals surface area contributed by atoms with Gasteiger partial charge in [0.25, 0.3) is 0 Å². The molecule has 0 unspecified atom stereocenters. The van der Waals surface area contributed by atoms with E-state index in [9.17, 15) is 9.18 Å². The Balaban J connectivity index is 2.77. The van der Waals surface area contributed by atoms with E-state index in [1.54, 1.807) is 12.1 Å². The summed E-state index contributed by atoms with van der Waals surface area (Å²) >= 11 is 2.98. The summed E-state index contributed by atoms with van der Waals surface area (Å²) in [5.74, 6) is -1.28. The summed E-state index contributed by atoms with van der Waals surface area (Å²) < 4.78 is 14.3. The van der Waals surface area contributed by atoms with Crippen LogP contribution in [0.3, 0.4) is 0 Å². The summed E-state index contributed by atoms with van der Waals surface area (Å²) in [6, 6.07) is 4.50. The van der Waals surface area contributed by atoms with Gasteiger partial charge in [-0.15, -0.1) is 11.3 Å². The predicted molar refractivity (Wildman–Crippen MR) is 61.5 cm³/mol. The van der Waals surface area contributed by atoms with Crippen molar-refractivity contribution in [3.63, 3.8) is 0 Å². The van der Waals surface area contributed by atoms with Crippen LogP contribution in [0, 0.1) is 9.39 Å². The Labute approximate surface area is 96.5 Å². The van der Waals surface area contributed by atoms with Crippen molar-refractivity contribution in [2.24, 2.45) is 0 Å². The fourth-order valence-corrected chi connectivity index (χ4v) is 2.90. The molecule has 2 rings (SSSR count). The summed E-state index contributed by atoms with van der Waals surface area (Å²) in [5, 5.41) is 9.54. The first-order chi connectivity index (χ1) is 6.59. The van der Waals surface area contributed by atoms with Crippen LogP contribution in [0.2, 0.25) is 0 Å². The van der Waals surface area contributed by atoms with Crippen LogP contribution in [-0.2, 0) is 0 Å². The van der Waals surface area contributed by atoms with Crippen molar-refractivity contribution >= 4 is 50.0 Å². The van der Waals surface area contributed by atoms with Gasteiger partial charge in [0.2, 0.25) is 0 Å². The molecule has 0 aliphatic heterocycles. The number of hydrogen-bond donors (Lipinski definition) is 1. The van der Waals surface area contributed by atoms with Crippen LogP contribution in [-0.4, -0.2) is 11.1 Å². The van der Waals surface area contributed by atoms with Gasteiger partial charge in [-0.1, -0.05) is 6.07 Å². The third-order valence-electron chi connectivity index (χ3n) is 1.79. The Morgan fingerprint density at radius 2 is 2.21 bits per heavy atom. The first-order valence-electron chi connectivity index (χ1n) is 3.70. The summed E-state index contributed by atoms with van der Waals surface area (Å²) in [7, 11) is 0. The third kappa shape index (κ3) is 1.50. The van der Waals surface area contributed by atoms with Crippen molar-refractivity contribution < 1.29 is 14.3 Å². The van der Waals surface area contributed by atoms with E-state index in [0.717, 1.165) is 16.7 Å². The van der Waals surface area contributed by atoms with Crippen LogP contribution < -0.4 is 0 Å². The first-order valence-corrected chi connectivity index (χ1v) is 5.60. The van der Waals surface area contributed by atoms with Crippen LogP contribution >= 0.6 is 33.9 Å². The van der Waals surface area contributed by atoms with Gasteiger partial charge in [0, 0.05) is 0 Å². The molecular formula is C9H4FIO2S. The lowest BCUT2D eigenvalue weighted by atomic mass is 10.2. The smallest absolute Gasteiger partial charge is 0.345 e. The molecule has 2 nitrogen and oxygen atoms in total. The zero-order valence-corrected chi connectivity index (χ0v) is 9.73. The standard InChI is InChI=1S/C9H4FIO2S/c10-5-2-1-4-3-6(9(12)13)14-8(4)7(5)11/h1-3H,(H,12,13). The van der Waals surface area contributed by atoms with Gasteiger partial charge in [0.15, 0.2) is 0 Å². The Morgan fingerprint density at radius 3 is 2.86 bits per heavy atom. The highest BCUT2D eigenvalue weighted by atomic mass is 127. The molecule has 0 fully saturated rings. The molecular weight excluding hydrogens is 318 g/mol. The molecule has 0 saturated heterocycles. The number of halogens is 2. The van der Waals surface area contributed by atoms with Gasteiger partial charge in [0.05, 0.1) is 8.27 Å². The van der Waals surface area contributed by atoms with Crippen LogP contribution in [0.4, 0.5) is 4.39 Å². The Hall–Kier alpha value is -0.690. The van der Waals surface area contributed by atoms with E-state index in [1.807, 2.05) is 22.6 Å². The van der Waals surface area contributed by atoms with Gasteiger partial charge in [-0.3, -0.25) is 0 Å². The minimum absolute atomic E-state index is 0.239. The fraction of sp³-hybridized carbons (Fsp3) is 0. The SMILES string of the molecule is O=C(O)c1cc2ccc(F)c(I)c2s1. The molecule has 72 valence electrons. The first kappa shape index (κ1) is 9.85. The van der Waals surface area contributed by atoms with Gasteiger partial charge in [-0.25, -0.2) is 9.18 Å². The number of rotatable bonds is 1. The highest BCUT2D eigenvalue weighted by molar-refractivity contribution is 14.1. The molecule has 1 aromatic heterocycles. The summed E-state index contributed by atoms with van der Waals surface area (Å²) in [5.41, 5.74) is 0. The van der Waals surface area contributed by atoms with Gasteiger partial charge in [-0.2, -0.15) is 0 Å². The lowest BCUT2D eigenvalue weighted by Gasteiger charge is -1.94. The molecule has 1 aromatic carbocycles. The molecule has 14 heavy (non-hydrogen) atoms. The molecule has 0 aliphatic carbocycles. The zero-order valence-electron chi connectivity index (χ0n) is 6.75. The number of thiophene rings is 1. The lowest BCUT2D eigenvalue weighted by molar-refractivity contribution is 0.0702. The molecule has 0 amide bonds. The average Bonchev–Trinajstić information content (AvgIpc) is 2.56. The number of carboxylic acid groups (broad SMARTS) is 1. The topological polar surface area (TPSA) is 37.3 Å². The highest BCUT2D eigenvalue weighted by Crippen LogP contribution is 2.31. The van der Waals surface area contributed by atoms with E-state index in [4.69, 9.17) is 5.11 Å². The van der Waals surface area contributed by atoms with Crippen molar-refractivity contribution in [2.75, 3.05) is 0 Å². The van der Waals surface area contributed by atoms with E-state index in [2.05, 4.69) is 0 Å². The van der Waals surface area contributed by atoms with E-state index in [-0.39, 0.29) is 10.7 Å². The second-order valence-electron chi connectivity index (χ2n) is 2.70. The molecule has 0 atom stereocenters. The van der Waals surface area contributed by atoms with Crippen molar-refractivity contribution in [3.05, 3.63) is 32.5 Å². The Morgan fingerprint density at radius 1 is 1.50 bits per heavy atom. The van der Waals surface area contributed by atoms with Crippen molar-refractivity contribution in [1.29, 1.82) is 0 Å². The second-order valence-corrected chi connectivity index (χ2v) is 4.83. The summed E-state index contributed by atoms with van der Waals surface area (Å²) in [4.78, 5) is 10.9. The van der Waals surface area contributed by atoms with Gasteiger partial charge in [-0.05, 0) is 40.1 Å². The molecule has 0 saturated carbocycles. The van der Waals surface area contributed by atoms with Crippen molar-refractivity contribution in [3.8, 4) is 0 Å². The maximum atomic E-state index is 13.1. The van der Waals surface area contributed by atoms with Crippen molar-refractivity contribution in [1.82, 2.24) is 0 Å². The van der Waals surface area contributed by atoms with Gasteiger partial charge < -0.3 is 5.11 Å². The third-order valence-corrected chi connectivity index (χ3v) is 4.37. The largest absolute Gasteiger partial charge is 0.477 e. The highest BCUT2D eigenvalue weighted by Gasteiger charge is 2.12. The van der Waals surface area contributed by atoms with E-state index in [0.29, 0.717) is 8.27 Å². The number of fused-ring (bicyclic) bond motifs is 1.